The number of carbonyl (C=O) groups is 6. The van der Waals surface area contributed by atoms with E-state index in [2.05, 4.69) is 10.6 Å². The minimum absolute atomic E-state index is 0.0339. The third kappa shape index (κ3) is 15.1. The van der Waals surface area contributed by atoms with Crippen molar-refractivity contribution >= 4 is 46.9 Å². The second kappa shape index (κ2) is 20.5. The SMILES string of the molecule is COc1ccc([C@H](NC(=O)[C@@H](CC(=O)c2cccc(Cl)c2)Cc2ccc(CNC(=O)OC(C)(C)C)cc2)C(=O)C[C@H](C(=O)C(F)(F)C(=O)NCC(F)(F)F)C(C)C)cc1. The van der Waals surface area contributed by atoms with Crippen molar-refractivity contribution in [1.29, 1.82) is 0 Å². The molecule has 3 N–H and O–H groups in total. The molecule has 3 atom stereocenters. The van der Waals surface area contributed by atoms with Gasteiger partial charge in [-0.2, -0.15) is 22.0 Å². The number of ether oxygens (including phenoxy) is 2. The maximum absolute atomic E-state index is 15.0. The van der Waals surface area contributed by atoms with Crippen LogP contribution >= 0.6 is 11.6 Å². The van der Waals surface area contributed by atoms with Crippen molar-refractivity contribution in [3.63, 3.8) is 0 Å². The van der Waals surface area contributed by atoms with Crippen LogP contribution < -0.4 is 20.7 Å². The summed E-state index contributed by atoms with van der Waals surface area (Å²) in [5.41, 5.74) is 0.939. The fourth-order valence-corrected chi connectivity index (χ4v) is 6.03. The van der Waals surface area contributed by atoms with Gasteiger partial charge in [0.2, 0.25) is 11.7 Å². The zero-order chi connectivity index (χ0) is 44.3. The second-order valence-electron chi connectivity index (χ2n) is 15.2. The van der Waals surface area contributed by atoms with Crippen LogP contribution in [0.25, 0.3) is 0 Å². The largest absolute Gasteiger partial charge is 0.497 e. The first-order chi connectivity index (χ1) is 27.4. The fraction of sp³-hybridized carbons (Fsp3) is 0.429. The van der Waals surface area contributed by atoms with Crippen molar-refractivity contribution in [2.24, 2.45) is 17.8 Å². The number of Topliss-reactive ketones (excluding diaryl/α,β-unsaturated/α-hetero) is 3. The number of rotatable bonds is 19. The molecule has 0 radical (unpaired) electrons. The normalized spacial score (nSPS) is 13.4. The van der Waals surface area contributed by atoms with Crippen molar-refractivity contribution in [2.75, 3.05) is 13.7 Å². The lowest BCUT2D eigenvalue weighted by Crippen LogP contribution is -2.51. The number of alkyl carbamates (subject to hydrolysis) is 1. The molecule has 11 nitrogen and oxygen atoms in total. The van der Waals surface area contributed by atoms with Crippen LogP contribution in [0.15, 0.2) is 72.8 Å². The standard InChI is InChI=1S/C42H47ClF5N3O8/c1-24(2)32(36(54)42(47,48)38(56)50-23-41(44,45)46)21-34(53)35(27-14-16-31(58-6)17-15-27)51-37(55)29(20-33(52)28-8-7-9-30(43)19-28)18-25-10-12-26(13-11-25)22-49-39(57)59-40(3,4)5/h7-17,19,24,29,32,35H,18,20-23H2,1-6H3,(H,49,57)(H,50,56)(H,51,55)/t29-,32+,35+/m1/s1. The van der Waals surface area contributed by atoms with Gasteiger partial charge in [0.1, 0.15) is 23.9 Å². The summed E-state index contributed by atoms with van der Waals surface area (Å²) in [5.74, 6) is -15.3. The van der Waals surface area contributed by atoms with Gasteiger partial charge in [-0.25, -0.2) is 4.79 Å². The Morgan fingerprint density at radius 2 is 1.41 bits per heavy atom. The number of amides is 3. The molecule has 3 aromatic carbocycles. The minimum atomic E-state index is -5.03. The number of ketones is 3. The number of nitrogens with one attached hydrogen (secondary N) is 3. The topological polar surface area (TPSA) is 157 Å². The Morgan fingerprint density at radius 1 is 0.797 bits per heavy atom. The maximum atomic E-state index is 15.0. The van der Waals surface area contributed by atoms with Crippen LogP contribution in [0, 0.1) is 17.8 Å². The Balaban J connectivity index is 1.95. The second-order valence-corrected chi connectivity index (χ2v) is 15.6. The Bertz CT molecular complexity index is 1970. The van der Waals surface area contributed by atoms with E-state index in [1.165, 1.54) is 57.4 Å². The van der Waals surface area contributed by atoms with Crippen molar-refractivity contribution in [3.05, 3.63) is 100 Å². The quantitative estimate of drug-likeness (QED) is 0.0628. The summed E-state index contributed by atoms with van der Waals surface area (Å²) < 4.78 is 78.5. The smallest absolute Gasteiger partial charge is 0.407 e. The molecule has 0 unspecified atom stereocenters. The first-order valence-electron chi connectivity index (χ1n) is 18.5. The van der Waals surface area contributed by atoms with Crippen LogP contribution in [0.1, 0.15) is 80.6 Å². The van der Waals surface area contributed by atoms with Crippen molar-refractivity contribution in [1.82, 2.24) is 16.0 Å². The van der Waals surface area contributed by atoms with Crippen LogP contribution in [-0.2, 0) is 36.9 Å². The van der Waals surface area contributed by atoms with Crippen LogP contribution in [0.5, 0.6) is 5.75 Å². The molecule has 3 amide bonds. The monoisotopic (exact) mass is 851 g/mol. The number of methoxy groups -OCH3 is 1. The average molecular weight is 852 g/mol. The number of halogens is 6. The van der Waals surface area contributed by atoms with Crippen molar-refractivity contribution < 1.29 is 60.2 Å². The van der Waals surface area contributed by atoms with E-state index in [4.69, 9.17) is 21.1 Å². The average Bonchev–Trinajstić information content (AvgIpc) is 3.15. The van der Waals surface area contributed by atoms with Gasteiger partial charge >= 0.3 is 18.2 Å². The summed E-state index contributed by atoms with van der Waals surface area (Å²) in [7, 11) is 1.38. The molecule has 0 aliphatic rings. The van der Waals surface area contributed by atoms with Gasteiger partial charge in [-0.05, 0) is 74.1 Å². The van der Waals surface area contributed by atoms with E-state index >= 15 is 8.78 Å². The molecule has 0 aliphatic heterocycles. The summed E-state index contributed by atoms with van der Waals surface area (Å²) in [6, 6.07) is 17.0. The molecule has 0 saturated heterocycles. The third-order valence-electron chi connectivity index (χ3n) is 8.95. The van der Waals surface area contributed by atoms with Crippen LogP contribution in [0.2, 0.25) is 5.02 Å². The van der Waals surface area contributed by atoms with Gasteiger partial charge < -0.3 is 25.4 Å². The first-order valence-corrected chi connectivity index (χ1v) is 18.9. The van der Waals surface area contributed by atoms with E-state index in [-0.39, 0.29) is 35.5 Å². The van der Waals surface area contributed by atoms with E-state index in [9.17, 15) is 41.9 Å². The van der Waals surface area contributed by atoms with Crippen LogP contribution in [0.4, 0.5) is 26.7 Å². The van der Waals surface area contributed by atoms with Gasteiger partial charge in [0.15, 0.2) is 11.6 Å². The van der Waals surface area contributed by atoms with E-state index < -0.39 is 89.7 Å². The van der Waals surface area contributed by atoms with Gasteiger partial charge in [0.05, 0.1) is 7.11 Å². The molecule has 0 fully saturated rings. The van der Waals surface area contributed by atoms with Crippen molar-refractivity contribution in [3.8, 4) is 5.75 Å². The zero-order valence-corrected chi connectivity index (χ0v) is 34.1. The van der Waals surface area contributed by atoms with Gasteiger partial charge in [0.25, 0.3) is 5.91 Å². The van der Waals surface area contributed by atoms with Gasteiger partial charge in [-0.1, -0.05) is 74.0 Å². The number of alkyl halides is 5. The van der Waals surface area contributed by atoms with E-state index in [1.54, 1.807) is 57.2 Å². The minimum Gasteiger partial charge on any atom is -0.497 e. The Hall–Kier alpha value is -5.38. The van der Waals surface area contributed by atoms with Crippen LogP contribution in [-0.4, -0.2) is 66.6 Å². The maximum Gasteiger partial charge on any atom is 0.407 e. The highest BCUT2D eigenvalue weighted by atomic mass is 35.5. The molecule has 3 aromatic rings. The Kier molecular flexibility index (Phi) is 16.7. The predicted molar refractivity (Wildman–Crippen MR) is 208 cm³/mol. The first kappa shape index (κ1) is 48.0. The molecule has 17 heteroatoms. The lowest BCUT2D eigenvalue weighted by atomic mass is 9.82. The Labute approximate surface area is 343 Å². The lowest BCUT2D eigenvalue weighted by Gasteiger charge is -2.27. The zero-order valence-electron chi connectivity index (χ0n) is 33.3. The lowest BCUT2D eigenvalue weighted by molar-refractivity contribution is -0.167. The summed E-state index contributed by atoms with van der Waals surface area (Å²) in [6.07, 6.45) is -7.01. The number of benzene rings is 3. The molecular weight excluding hydrogens is 805 g/mol. The molecule has 59 heavy (non-hydrogen) atoms. The number of hydrogen-bond acceptors (Lipinski definition) is 8. The predicted octanol–water partition coefficient (Wildman–Crippen LogP) is 7.78. The van der Waals surface area contributed by atoms with Crippen LogP contribution in [0.3, 0.4) is 0 Å². The van der Waals surface area contributed by atoms with Gasteiger partial charge in [0, 0.05) is 41.8 Å². The van der Waals surface area contributed by atoms with E-state index in [0.29, 0.717) is 16.9 Å². The highest BCUT2D eigenvalue weighted by molar-refractivity contribution is 6.31. The molecule has 0 aliphatic carbocycles. The number of hydrogen-bond donors (Lipinski definition) is 3. The highest BCUT2D eigenvalue weighted by Crippen LogP contribution is 2.31. The van der Waals surface area contributed by atoms with Gasteiger partial charge in [-0.15, -0.1) is 0 Å². The summed E-state index contributed by atoms with van der Waals surface area (Å²) in [6.45, 7) is 5.82. The van der Waals surface area contributed by atoms with Crippen molar-refractivity contribution in [2.45, 2.75) is 84.2 Å². The Morgan fingerprint density at radius 3 is 1.95 bits per heavy atom. The molecule has 0 spiro atoms. The number of carbonyl (C=O) groups excluding carboxylic acids is 6. The third-order valence-corrected chi connectivity index (χ3v) is 9.19. The fourth-order valence-electron chi connectivity index (χ4n) is 5.84. The molecule has 320 valence electrons. The highest BCUT2D eigenvalue weighted by Gasteiger charge is 2.52. The molecular formula is C42H47ClF5N3O8. The summed E-state index contributed by atoms with van der Waals surface area (Å²) in [5, 5.41) is 6.57. The molecule has 3 rings (SSSR count). The summed E-state index contributed by atoms with van der Waals surface area (Å²) >= 11 is 6.12. The molecule has 0 bridgehead atoms. The molecule has 0 saturated carbocycles. The summed E-state index contributed by atoms with van der Waals surface area (Å²) in [4.78, 5) is 79.2. The van der Waals surface area contributed by atoms with E-state index in [1.807, 2.05) is 0 Å². The molecule has 0 heterocycles. The van der Waals surface area contributed by atoms with E-state index in [0.717, 1.165) is 5.32 Å². The van der Waals surface area contributed by atoms with Gasteiger partial charge in [-0.3, -0.25) is 24.0 Å². The molecule has 0 aromatic heterocycles.